The average molecular weight is 364 g/mol. The van der Waals surface area contributed by atoms with Crippen LogP contribution in [-0.4, -0.2) is 59.1 Å². The molecule has 26 heavy (non-hydrogen) atoms. The number of para-hydroxylation sites is 1. The Labute approximate surface area is 157 Å². The van der Waals surface area contributed by atoms with Gasteiger partial charge < -0.3 is 24.8 Å². The van der Waals surface area contributed by atoms with E-state index in [0.29, 0.717) is 18.6 Å². The number of rotatable bonds is 10. The fraction of sp³-hybridized carbons (Fsp3) is 0.650. The zero-order chi connectivity index (χ0) is 18.6. The first-order valence-electron chi connectivity index (χ1n) is 9.51. The summed E-state index contributed by atoms with van der Waals surface area (Å²) in [5, 5.41) is 6.71. The topological polar surface area (TPSA) is 64.1 Å². The Morgan fingerprint density at radius 3 is 2.92 bits per heavy atom. The SMILES string of the molecule is CN=C(NCCCOCC1CCCO1)NCC(C)c1ccccc1OC. The van der Waals surface area contributed by atoms with Gasteiger partial charge in [0.2, 0.25) is 0 Å². The van der Waals surface area contributed by atoms with Gasteiger partial charge in [-0.05, 0) is 30.9 Å². The molecule has 1 saturated heterocycles. The summed E-state index contributed by atoms with van der Waals surface area (Å²) in [6.45, 7) is 6.12. The minimum Gasteiger partial charge on any atom is -0.496 e. The molecule has 2 rings (SSSR count). The highest BCUT2D eigenvalue weighted by molar-refractivity contribution is 5.79. The lowest BCUT2D eigenvalue weighted by molar-refractivity contribution is 0.0168. The fourth-order valence-corrected chi connectivity index (χ4v) is 3.03. The van der Waals surface area contributed by atoms with Gasteiger partial charge >= 0.3 is 0 Å². The number of hydrogen-bond donors (Lipinski definition) is 2. The lowest BCUT2D eigenvalue weighted by atomic mass is 10.0. The molecule has 2 N–H and O–H groups in total. The molecule has 0 amide bonds. The third-order valence-corrected chi connectivity index (χ3v) is 4.55. The van der Waals surface area contributed by atoms with Gasteiger partial charge in [0.25, 0.3) is 0 Å². The summed E-state index contributed by atoms with van der Waals surface area (Å²) < 4.78 is 16.7. The third-order valence-electron chi connectivity index (χ3n) is 4.55. The molecule has 0 aromatic heterocycles. The molecule has 0 saturated carbocycles. The number of benzene rings is 1. The van der Waals surface area contributed by atoms with Crippen molar-refractivity contribution in [2.75, 3.05) is 47.1 Å². The molecule has 1 aromatic rings. The van der Waals surface area contributed by atoms with Crippen molar-refractivity contribution in [1.29, 1.82) is 0 Å². The quantitative estimate of drug-likeness (QED) is 0.380. The first-order valence-corrected chi connectivity index (χ1v) is 9.51. The maximum Gasteiger partial charge on any atom is 0.190 e. The maximum atomic E-state index is 5.68. The van der Waals surface area contributed by atoms with Crippen LogP contribution in [0.5, 0.6) is 5.75 Å². The van der Waals surface area contributed by atoms with E-state index in [9.17, 15) is 0 Å². The van der Waals surface area contributed by atoms with E-state index in [1.807, 2.05) is 18.2 Å². The van der Waals surface area contributed by atoms with E-state index in [-0.39, 0.29) is 0 Å². The van der Waals surface area contributed by atoms with Gasteiger partial charge in [0.15, 0.2) is 5.96 Å². The molecule has 1 aliphatic heterocycles. The molecule has 0 aliphatic carbocycles. The molecule has 1 fully saturated rings. The van der Waals surface area contributed by atoms with Gasteiger partial charge in [-0.2, -0.15) is 0 Å². The molecule has 146 valence electrons. The number of nitrogens with one attached hydrogen (secondary N) is 2. The summed E-state index contributed by atoms with van der Waals surface area (Å²) in [6, 6.07) is 8.13. The Balaban J connectivity index is 1.61. The van der Waals surface area contributed by atoms with Crippen molar-refractivity contribution in [1.82, 2.24) is 10.6 Å². The van der Waals surface area contributed by atoms with Crippen molar-refractivity contribution in [2.45, 2.75) is 38.2 Å². The van der Waals surface area contributed by atoms with E-state index in [2.05, 4.69) is 28.6 Å². The molecule has 6 heteroatoms. The van der Waals surface area contributed by atoms with E-state index >= 15 is 0 Å². The average Bonchev–Trinajstić information content (AvgIpc) is 3.20. The monoisotopic (exact) mass is 363 g/mol. The minimum atomic E-state index is 0.300. The zero-order valence-electron chi connectivity index (χ0n) is 16.3. The first-order chi connectivity index (χ1) is 12.7. The largest absolute Gasteiger partial charge is 0.496 e. The van der Waals surface area contributed by atoms with Crippen molar-refractivity contribution in [3.8, 4) is 5.75 Å². The van der Waals surface area contributed by atoms with Crippen molar-refractivity contribution in [3.63, 3.8) is 0 Å². The van der Waals surface area contributed by atoms with E-state index in [0.717, 1.165) is 57.3 Å². The maximum absolute atomic E-state index is 5.68. The highest BCUT2D eigenvalue weighted by atomic mass is 16.5. The Hall–Kier alpha value is -1.79. The van der Waals surface area contributed by atoms with Crippen LogP contribution in [0.4, 0.5) is 0 Å². The van der Waals surface area contributed by atoms with Crippen LogP contribution >= 0.6 is 0 Å². The van der Waals surface area contributed by atoms with E-state index < -0.39 is 0 Å². The lowest BCUT2D eigenvalue weighted by Crippen LogP contribution is -2.39. The van der Waals surface area contributed by atoms with Gasteiger partial charge in [0.05, 0.1) is 19.8 Å². The smallest absolute Gasteiger partial charge is 0.190 e. The predicted octanol–water partition coefficient (Wildman–Crippen LogP) is 2.55. The van der Waals surface area contributed by atoms with Crippen molar-refractivity contribution in [2.24, 2.45) is 4.99 Å². The Kier molecular flexibility index (Phi) is 9.28. The summed E-state index contributed by atoms with van der Waals surface area (Å²) >= 11 is 0. The normalized spacial score (nSPS) is 18.6. The predicted molar refractivity (Wildman–Crippen MR) is 105 cm³/mol. The molecular weight excluding hydrogens is 330 g/mol. The second-order valence-electron chi connectivity index (χ2n) is 6.59. The second kappa shape index (κ2) is 11.8. The summed E-state index contributed by atoms with van der Waals surface area (Å²) in [5.41, 5.74) is 1.19. The Morgan fingerprint density at radius 2 is 2.19 bits per heavy atom. The van der Waals surface area contributed by atoms with Gasteiger partial charge in [-0.25, -0.2) is 0 Å². The number of ether oxygens (including phenoxy) is 3. The van der Waals surface area contributed by atoms with Crippen molar-refractivity contribution < 1.29 is 14.2 Å². The lowest BCUT2D eigenvalue weighted by Gasteiger charge is -2.18. The fourth-order valence-electron chi connectivity index (χ4n) is 3.03. The number of nitrogens with zero attached hydrogens (tertiary/aromatic N) is 1. The van der Waals surface area contributed by atoms with Crippen LogP contribution in [0.25, 0.3) is 0 Å². The molecule has 1 aliphatic rings. The number of methoxy groups -OCH3 is 1. The summed E-state index contributed by atoms with van der Waals surface area (Å²) in [7, 11) is 3.50. The molecule has 2 atom stereocenters. The molecule has 1 aromatic carbocycles. The molecule has 2 unspecified atom stereocenters. The summed E-state index contributed by atoms with van der Waals surface area (Å²) in [4.78, 5) is 4.28. The van der Waals surface area contributed by atoms with Gasteiger partial charge in [0, 0.05) is 39.3 Å². The number of hydrogen-bond acceptors (Lipinski definition) is 4. The molecule has 6 nitrogen and oxygen atoms in total. The van der Waals surface area contributed by atoms with Gasteiger partial charge in [0.1, 0.15) is 5.75 Å². The standard InChI is InChI=1S/C20H33N3O3/c1-16(18-9-4-5-10-19(18)24-3)14-23-20(21-2)22-11-7-12-25-15-17-8-6-13-26-17/h4-5,9-10,16-17H,6-8,11-15H2,1-3H3,(H2,21,22,23). The van der Waals surface area contributed by atoms with Gasteiger partial charge in [-0.3, -0.25) is 4.99 Å². The van der Waals surface area contributed by atoms with Crippen LogP contribution in [0.15, 0.2) is 29.3 Å². The van der Waals surface area contributed by atoms with Crippen LogP contribution in [0.3, 0.4) is 0 Å². The molecule has 0 spiro atoms. The van der Waals surface area contributed by atoms with Crippen LogP contribution in [0.1, 0.15) is 37.7 Å². The molecule has 1 heterocycles. The van der Waals surface area contributed by atoms with Crippen LogP contribution in [-0.2, 0) is 9.47 Å². The molecule has 0 radical (unpaired) electrons. The van der Waals surface area contributed by atoms with Gasteiger partial charge in [-0.15, -0.1) is 0 Å². The third kappa shape index (κ3) is 6.84. The van der Waals surface area contributed by atoms with Crippen LogP contribution < -0.4 is 15.4 Å². The van der Waals surface area contributed by atoms with E-state index in [1.54, 1.807) is 14.2 Å². The highest BCUT2D eigenvalue weighted by Gasteiger charge is 2.15. The van der Waals surface area contributed by atoms with Gasteiger partial charge in [-0.1, -0.05) is 25.1 Å². The first kappa shape index (κ1) is 20.5. The second-order valence-corrected chi connectivity index (χ2v) is 6.59. The number of guanidine groups is 1. The van der Waals surface area contributed by atoms with Crippen LogP contribution in [0, 0.1) is 0 Å². The van der Waals surface area contributed by atoms with E-state index in [1.165, 1.54) is 5.56 Å². The summed E-state index contributed by atoms with van der Waals surface area (Å²) in [5.74, 6) is 2.05. The minimum absolute atomic E-state index is 0.300. The van der Waals surface area contributed by atoms with Crippen LogP contribution in [0.2, 0.25) is 0 Å². The van der Waals surface area contributed by atoms with Crippen molar-refractivity contribution in [3.05, 3.63) is 29.8 Å². The summed E-state index contributed by atoms with van der Waals surface area (Å²) in [6.07, 6.45) is 3.52. The van der Waals surface area contributed by atoms with Crippen molar-refractivity contribution >= 4 is 5.96 Å². The Morgan fingerprint density at radius 1 is 1.35 bits per heavy atom. The zero-order valence-corrected chi connectivity index (χ0v) is 16.3. The van der Waals surface area contributed by atoms with E-state index in [4.69, 9.17) is 14.2 Å². The highest BCUT2D eigenvalue weighted by Crippen LogP contribution is 2.25. The Bertz CT molecular complexity index is 545. The molecule has 0 bridgehead atoms. The number of aliphatic imine (C=N–C) groups is 1. The molecular formula is C20H33N3O3.